The Balaban J connectivity index is 4.05. The van der Waals surface area contributed by atoms with Crippen molar-refractivity contribution >= 4 is 5.97 Å². The topological polar surface area (TPSA) is 47.6 Å². The lowest BCUT2D eigenvalue weighted by atomic mass is 10.0. The van der Waals surface area contributed by atoms with Crippen molar-refractivity contribution in [2.24, 2.45) is 5.92 Å². The summed E-state index contributed by atoms with van der Waals surface area (Å²) in [6, 6.07) is -0.136. The predicted molar refractivity (Wildman–Crippen MR) is 78.2 cm³/mol. The van der Waals surface area contributed by atoms with E-state index in [1.54, 1.807) is 0 Å². The van der Waals surface area contributed by atoms with Crippen LogP contribution in [-0.2, 0) is 14.3 Å². The Hall–Kier alpha value is -0.610. The van der Waals surface area contributed by atoms with Gasteiger partial charge in [-0.3, -0.25) is 4.79 Å². The molecule has 4 heteroatoms. The Morgan fingerprint density at radius 1 is 1.21 bits per heavy atom. The number of esters is 1. The maximum absolute atomic E-state index is 11.6. The van der Waals surface area contributed by atoms with Crippen LogP contribution in [0.2, 0.25) is 0 Å². The minimum atomic E-state index is -0.367. The molecule has 0 spiro atoms. The SMILES string of the molecule is CCCCC(CC)COCC(NC(C)C)C(=O)OC. The molecule has 0 aliphatic carbocycles. The fourth-order valence-corrected chi connectivity index (χ4v) is 1.98. The Bertz CT molecular complexity index is 231. The molecule has 0 aromatic carbocycles. The molecule has 0 saturated carbocycles. The number of hydrogen-bond donors (Lipinski definition) is 1. The Morgan fingerprint density at radius 2 is 1.89 bits per heavy atom. The number of carbonyl (C=O) groups excluding carboxylic acids is 1. The van der Waals surface area contributed by atoms with Gasteiger partial charge >= 0.3 is 5.97 Å². The van der Waals surface area contributed by atoms with Gasteiger partial charge in [-0.05, 0) is 12.3 Å². The van der Waals surface area contributed by atoms with E-state index in [-0.39, 0.29) is 18.1 Å². The average Bonchev–Trinajstić information content (AvgIpc) is 2.39. The molecular weight excluding hydrogens is 242 g/mol. The molecule has 2 unspecified atom stereocenters. The normalized spacial score (nSPS) is 14.4. The third kappa shape index (κ3) is 9.00. The standard InChI is InChI=1S/C15H31NO3/c1-6-8-9-13(7-2)10-19-11-14(15(17)18-5)16-12(3)4/h12-14,16H,6-11H2,1-5H3. The summed E-state index contributed by atoms with van der Waals surface area (Å²) in [5.74, 6) is 0.340. The number of carbonyl (C=O) groups is 1. The van der Waals surface area contributed by atoms with Crippen LogP contribution in [0.15, 0.2) is 0 Å². The summed E-state index contributed by atoms with van der Waals surface area (Å²) >= 11 is 0. The lowest BCUT2D eigenvalue weighted by Gasteiger charge is -2.21. The first-order valence-electron chi connectivity index (χ1n) is 7.46. The molecule has 0 radical (unpaired) electrons. The number of nitrogens with one attached hydrogen (secondary N) is 1. The molecule has 0 aromatic rings. The summed E-state index contributed by atoms with van der Waals surface area (Å²) in [7, 11) is 1.41. The van der Waals surface area contributed by atoms with Gasteiger partial charge in [-0.2, -0.15) is 0 Å². The van der Waals surface area contributed by atoms with Crippen LogP contribution in [0.4, 0.5) is 0 Å². The van der Waals surface area contributed by atoms with Crippen LogP contribution < -0.4 is 5.32 Å². The molecule has 4 nitrogen and oxygen atoms in total. The summed E-state index contributed by atoms with van der Waals surface area (Å²) in [6.07, 6.45) is 4.79. The van der Waals surface area contributed by atoms with Gasteiger partial charge in [0.15, 0.2) is 0 Å². The summed E-state index contributed by atoms with van der Waals surface area (Å²) < 4.78 is 10.5. The molecule has 0 aliphatic heterocycles. The number of ether oxygens (including phenoxy) is 2. The molecule has 0 fully saturated rings. The van der Waals surface area contributed by atoms with E-state index >= 15 is 0 Å². The van der Waals surface area contributed by atoms with Crippen LogP contribution >= 0.6 is 0 Å². The molecule has 0 saturated heterocycles. The van der Waals surface area contributed by atoms with Gasteiger partial charge in [0.2, 0.25) is 0 Å². The third-order valence-electron chi connectivity index (χ3n) is 3.20. The fraction of sp³-hybridized carbons (Fsp3) is 0.933. The van der Waals surface area contributed by atoms with E-state index in [0.29, 0.717) is 12.5 Å². The van der Waals surface area contributed by atoms with E-state index < -0.39 is 0 Å². The van der Waals surface area contributed by atoms with Crippen molar-refractivity contribution in [3.05, 3.63) is 0 Å². The van der Waals surface area contributed by atoms with Crippen molar-refractivity contribution in [3.63, 3.8) is 0 Å². The van der Waals surface area contributed by atoms with Gasteiger partial charge in [-0.25, -0.2) is 0 Å². The summed E-state index contributed by atoms with van der Waals surface area (Å²) in [6.45, 7) is 9.51. The maximum Gasteiger partial charge on any atom is 0.325 e. The minimum Gasteiger partial charge on any atom is -0.468 e. The molecule has 0 heterocycles. The molecule has 114 valence electrons. The van der Waals surface area contributed by atoms with Crippen LogP contribution in [0, 0.1) is 5.92 Å². The van der Waals surface area contributed by atoms with Crippen molar-refractivity contribution in [2.45, 2.75) is 65.5 Å². The van der Waals surface area contributed by atoms with Crippen molar-refractivity contribution in [1.82, 2.24) is 5.32 Å². The monoisotopic (exact) mass is 273 g/mol. The van der Waals surface area contributed by atoms with E-state index in [1.807, 2.05) is 13.8 Å². The van der Waals surface area contributed by atoms with E-state index in [0.717, 1.165) is 13.0 Å². The smallest absolute Gasteiger partial charge is 0.325 e. The fourth-order valence-electron chi connectivity index (χ4n) is 1.98. The number of methoxy groups -OCH3 is 1. The highest BCUT2D eigenvalue weighted by molar-refractivity contribution is 5.75. The average molecular weight is 273 g/mol. The van der Waals surface area contributed by atoms with E-state index in [4.69, 9.17) is 9.47 Å². The number of rotatable bonds is 11. The van der Waals surface area contributed by atoms with E-state index in [9.17, 15) is 4.79 Å². The van der Waals surface area contributed by atoms with E-state index in [2.05, 4.69) is 19.2 Å². The highest BCUT2D eigenvalue weighted by Crippen LogP contribution is 2.13. The van der Waals surface area contributed by atoms with E-state index in [1.165, 1.54) is 26.4 Å². The summed E-state index contributed by atoms with van der Waals surface area (Å²) in [5, 5.41) is 3.17. The molecule has 0 amide bonds. The second-order valence-electron chi connectivity index (χ2n) is 5.35. The lowest BCUT2D eigenvalue weighted by Crippen LogP contribution is -2.45. The van der Waals surface area contributed by atoms with Gasteiger partial charge in [0.1, 0.15) is 6.04 Å². The molecule has 0 aliphatic rings. The number of hydrogen-bond acceptors (Lipinski definition) is 4. The van der Waals surface area contributed by atoms with Crippen molar-refractivity contribution in [2.75, 3.05) is 20.3 Å². The minimum absolute atomic E-state index is 0.231. The summed E-state index contributed by atoms with van der Waals surface area (Å²) in [4.78, 5) is 11.6. The zero-order chi connectivity index (χ0) is 14.7. The molecule has 19 heavy (non-hydrogen) atoms. The largest absolute Gasteiger partial charge is 0.468 e. The molecule has 2 atom stereocenters. The highest BCUT2D eigenvalue weighted by Gasteiger charge is 2.20. The van der Waals surface area contributed by atoms with Gasteiger partial charge in [0.05, 0.1) is 13.7 Å². The van der Waals surface area contributed by atoms with Crippen LogP contribution in [0.5, 0.6) is 0 Å². The van der Waals surface area contributed by atoms with Crippen LogP contribution in [0.25, 0.3) is 0 Å². The third-order valence-corrected chi connectivity index (χ3v) is 3.20. The zero-order valence-electron chi connectivity index (χ0n) is 13.2. The Morgan fingerprint density at radius 3 is 2.37 bits per heavy atom. The quantitative estimate of drug-likeness (QED) is 0.588. The van der Waals surface area contributed by atoms with Gasteiger partial charge in [0, 0.05) is 12.6 Å². The molecule has 1 N–H and O–H groups in total. The zero-order valence-corrected chi connectivity index (χ0v) is 13.2. The molecule has 0 bridgehead atoms. The van der Waals surface area contributed by atoms with Crippen molar-refractivity contribution < 1.29 is 14.3 Å². The maximum atomic E-state index is 11.6. The van der Waals surface area contributed by atoms with Crippen molar-refractivity contribution in [3.8, 4) is 0 Å². The predicted octanol–water partition coefficient (Wildman–Crippen LogP) is 2.76. The molecular formula is C15H31NO3. The van der Waals surface area contributed by atoms with Crippen LogP contribution in [0.1, 0.15) is 53.4 Å². The second kappa shape index (κ2) is 11.2. The van der Waals surface area contributed by atoms with Crippen LogP contribution in [-0.4, -0.2) is 38.4 Å². The van der Waals surface area contributed by atoms with Gasteiger partial charge in [-0.1, -0.05) is 47.0 Å². The first-order valence-corrected chi connectivity index (χ1v) is 7.46. The summed E-state index contributed by atoms with van der Waals surface area (Å²) in [5.41, 5.74) is 0. The molecule has 0 rings (SSSR count). The second-order valence-corrected chi connectivity index (χ2v) is 5.35. The van der Waals surface area contributed by atoms with Gasteiger partial charge < -0.3 is 14.8 Å². The van der Waals surface area contributed by atoms with Crippen LogP contribution in [0.3, 0.4) is 0 Å². The van der Waals surface area contributed by atoms with Gasteiger partial charge in [-0.15, -0.1) is 0 Å². The lowest BCUT2D eigenvalue weighted by molar-refractivity contribution is -0.145. The van der Waals surface area contributed by atoms with Gasteiger partial charge in [0.25, 0.3) is 0 Å². The number of unbranched alkanes of at least 4 members (excludes halogenated alkanes) is 1. The first kappa shape index (κ1) is 18.4. The Labute approximate surface area is 118 Å². The first-order chi connectivity index (χ1) is 9.04. The Kier molecular flexibility index (Phi) is 10.9. The highest BCUT2D eigenvalue weighted by atomic mass is 16.5. The molecule has 0 aromatic heterocycles. The van der Waals surface area contributed by atoms with Crippen molar-refractivity contribution in [1.29, 1.82) is 0 Å².